The van der Waals surface area contributed by atoms with E-state index < -0.39 is 0 Å². The third kappa shape index (κ3) is 4.07. The van der Waals surface area contributed by atoms with E-state index in [1.165, 1.54) is 5.56 Å². The molecule has 0 spiro atoms. The molecule has 0 saturated carbocycles. The molecule has 0 aliphatic rings. The third-order valence-electron chi connectivity index (χ3n) is 7.66. The molecule has 0 amide bonds. The van der Waals surface area contributed by atoms with Crippen LogP contribution in [0.4, 0.5) is 0 Å². The summed E-state index contributed by atoms with van der Waals surface area (Å²) in [6.07, 6.45) is 2.03. The summed E-state index contributed by atoms with van der Waals surface area (Å²) in [7, 11) is 5.32. The number of ether oxygens (including phenoxy) is 2. The molecule has 0 atom stereocenters. The number of hydrogen-bond donors (Lipinski definition) is 2. The second-order valence-electron chi connectivity index (χ2n) is 9.74. The molecule has 39 heavy (non-hydrogen) atoms. The van der Waals surface area contributed by atoms with Crippen molar-refractivity contribution in [1.29, 1.82) is 0 Å². The maximum atomic E-state index is 10.2. The number of hydrogen-bond acceptors (Lipinski definition) is 4. The fraction of sp³-hybridized carbons (Fsp3) is 0.147. The molecule has 5 heteroatoms. The van der Waals surface area contributed by atoms with E-state index in [0.717, 1.165) is 60.3 Å². The van der Waals surface area contributed by atoms with E-state index >= 15 is 0 Å². The van der Waals surface area contributed by atoms with Crippen LogP contribution in [0.5, 0.6) is 11.5 Å². The van der Waals surface area contributed by atoms with E-state index in [1.807, 2.05) is 55.7 Å². The fourth-order valence-corrected chi connectivity index (χ4v) is 5.72. The van der Waals surface area contributed by atoms with Crippen molar-refractivity contribution in [1.82, 2.24) is 0 Å². The lowest BCUT2D eigenvalue weighted by atomic mass is 9.91. The third-order valence-corrected chi connectivity index (χ3v) is 7.66. The quantitative estimate of drug-likeness (QED) is 0.201. The standard InChI is InChI=1S/C34H30NO4/c1-35-18-30-25(14-13-24(19-36)31(30)20-37)28-15-26(23-11-9-22(10-12-23)21-7-5-4-6-8-21)27-16-32(38-2)33(39-3)17-29(27)34(28)35/h4-18,36-37H,19-20H2,1-3H3/q+1. The molecule has 0 unspecified atom stereocenters. The van der Waals surface area contributed by atoms with Crippen LogP contribution in [0.25, 0.3) is 54.7 Å². The van der Waals surface area contributed by atoms with Crippen LogP contribution >= 0.6 is 0 Å². The fourth-order valence-electron chi connectivity index (χ4n) is 5.72. The summed E-state index contributed by atoms with van der Waals surface area (Å²) < 4.78 is 13.5. The topological polar surface area (TPSA) is 62.8 Å². The molecule has 1 heterocycles. The van der Waals surface area contributed by atoms with Crippen LogP contribution in [0.3, 0.4) is 0 Å². The first-order valence-electron chi connectivity index (χ1n) is 12.9. The van der Waals surface area contributed by atoms with Gasteiger partial charge < -0.3 is 19.7 Å². The highest BCUT2D eigenvalue weighted by molar-refractivity contribution is 6.18. The Hall–Kier alpha value is -4.45. The minimum atomic E-state index is -0.148. The molecule has 0 radical (unpaired) electrons. The van der Waals surface area contributed by atoms with Gasteiger partial charge >= 0.3 is 0 Å². The molecule has 194 valence electrons. The highest BCUT2D eigenvalue weighted by atomic mass is 16.5. The minimum Gasteiger partial charge on any atom is -0.493 e. The number of aromatic nitrogens is 1. The Morgan fingerprint density at radius 1 is 0.615 bits per heavy atom. The molecule has 0 bridgehead atoms. The number of nitrogens with zero attached hydrogens (tertiary/aromatic N) is 1. The Morgan fingerprint density at radius 2 is 1.23 bits per heavy atom. The molecule has 6 rings (SSSR count). The number of pyridine rings is 1. The van der Waals surface area contributed by atoms with E-state index in [1.54, 1.807) is 14.2 Å². The van der Waals surface area contributed by atoms with Crippen molar-refractivity contribution in [3.63, 3.8) is 0 Å². The van der Waals surface area contributed by atoms with E-state index in [-0.39, 0.29) is 13.2 Å². The molecule has 6 aromatic rings. The summed E-state index contributed by atoms with van der Waals surface area (Å²) in [5.41, 5.74) is 7.01. The lowest BCUT2D eigenvalue weighted by molar-refractivity contribution is -0.642. The Labute approximate surface area is 227 Å². The van der Waals surface area contributed by atoms with Crippen LogP contribution in [-0.2, 0) is 20.3 Å². The van der Waals surface area contributed by atoms with Crippen molar-refractivity contribution < 1.29 is 24.3 Å². The van der Waals surface area contributed by atoms with Crippen molar-refractivity contribution in [2.24, 2.45) is 7.05 Å². The molecule has 0 fully saturated rings. The Kier molecular flexibility index (Phi) is 6.39. The highest BCUT2D eigenvalue weighted by Gasteiger charge is 2.22. The number of benzene rings is 5. The number of methoxy groups -OCH3 is 2. The molecular formula is C34H30NO4+. The van der Waals surface area contributed by atoms with Crippen LogP contribution in [0.1, 0.15) is 11.1 Å². The van der Waals surface area contributed by atoms with Crippen molar-refractivity contribution in [3.8, 4) is 33.8 Å². The SMILES string of the molecule is COc1cc2c(-c3ccc(-c4ccccc4)cc3)cc3c4ccc(CO)c(CO)c4c[n+](C)c3c2cc1OC. The van der Waals surface area contributed by atoms with Crippen LogP contribution in [-0.4, -0.2) is 24.4 Å². The van der Waals surface area contributed by atoms with Gasteiger partial charge in [-0.3, -0.25) is 0 Å². The lowest BCUT2D eigenvalue weighted by Gasteiger charge is -2.16. The number of aryl methyl sites for hydroxylation is 1. The van der Waals surface area contributed by atoms with Crippen molar-refractivity contribution in [2.75, 3.05) is 14.2 Å². The summed E-state index contributed by atoms with van der Waals surface area (Å²) in [6.45, 7) is -0.271. The maximum absolute atomic E-state index is 10.2. The van der Waals surface area contributed by atoms with Crippen LogP contribution < -0.4 is 14.0 Å². The number of rotatable bonds is 6. The summed E-state index contributed by atoms with van der Waals surface area (Å²) in [4.78, 5) is 0. The molecule has 0 aliphatic carbocycles. The summed E-state index contributed by atoms with van der Waals surface area (Å²) >= 11 is 0. The predicted molar refractivity (Wildman–Crippen MR) is 156 cm³/mol. The van der Waals surface area contributed by atoms with Gasteiger partial charge in [-0.15, -0.1) is 0 Å². The predicted octanol–water partition coefficient (Wildman–Crippen LogP) is 6.31. The molecule has 2 N–H and O–H groups in total. The molecular weight excluding hydrogens is 486 g/mol. The smallest absolute Gasteiger partial charge is 0.220 e. The number of aliphatic hydroxyl groups excluding tert-OH is 2. The van der Waals surface area contributed by atoms with Crippen LogP contribution in [0, 0.1) is 0 Å². The van der Waals surface area contributed by atoms with Crippen molar-refractivity contribution in [2.45, 2.75) is 13.2 Å². The van der Waals surface area contributed by atoms with Gasteiger partial charge in [0.2, 0.25) is 5.52 Å². The second kappa shape index (κ2) is 10.0. The zero-order valence-corrected chi connectivity index (χ0v) is 22.2. The maximum Gasteiger partial charge on any atom is 0.220 e. The normalized spacial score (nSPS) is 11.4. The second-order valence-corrected chi connectivity index (χ2v) is 9.74. The highest BCUT2D eigenvalue weighted by Crippen LogP contribution is 2.42. The van der Waals surface area contributed by atoms with Gasteiger partial charge in [-0.2, -0.15) is 4.57 Å². The summed E-state index contributed by atoms with van der Waals surface area (Å²) in [5.74, 6) is 1.33. The number of aliphatic hydroxyl groups is 2. The Balaban J connectivity index is 1.71. The zero-order chi connectivity index (χ0) is 27.1. The van der Waals surface area contributed by atoms with Gasteiger partial charge in [-0.25, -0.2) is 0 Å². The zero-order valence-electron chi connectivity index (χ0n) is 22.2. The average molecular weight is 517 g/mol. The molecule has 0 aliphatic heterocycles. The van der Waals surface area contributed by atoms with Crippen LogP contribution in [0.15, 0.2) is 91.1 Å². The average Bonchev–Trinajstić information content (AvgIpc) is 2.99. The van der Waals surface area contributed by atoms with E-state index in [2.05, 4.69) is 47.0 Å². The van der Waals surface area contributed by atoms with Gasteiger partial charge in [0.1, 0.15) is 7.05 Å². The molecule has 5 nitrogen and oxygen atoms in total. The van der Waals surface area contributed by atoms with E-state index in [9.17, 15) is 10.2 Å². The van der Waals surface area contributed by atoms with Crippen molar-refractivity contribution >= 4 is 32.4 Å². The largest absolute Gasteiger partial charge is 0.493 e. The van der Waals surface area contributed by atoms with Crippen LogP contribution in [0.2, 0.25) is 0 Å². The molecule has 1 aromatic heterocycles. The first-order chi connectivity index (χ1) is 19.1. The Morgan fingerprint density at radius 3 is 1.87 bits per heavy atom. The van der Waals surface area contributed by atoms with Gasteiger partial charge in [-0.05, 0) is 51.6 Å². The van der Waals surface area contributed by atoms with E-state index in [4.69, 9.17) is 9.47 Å². The van der Waals surface area contributed by atoms with Gasteiger partial charge in [0.15, 0.2) is 17.7 Å². The monoisotopic (exact) mass is 516 g/mol. The first-order valence-corrected chi connectivity index (χ1v) is 12.9. The van der Waals surface area contributed by atoms with Gasteiger partial charge in [0.25, 0.3) is 0 Å². The minimum absolute atomic E-state index is 0.124. The molecule has 0 saturated heterocycles. The van der Waals surface area contributed by atoms with E-state index in [0.29, 0.717) is 11.5 Å². The lowest BCUT2D eigenvalue weighted by Crippen LogP contribution is -2.29. The number of fused-ring (bicyclic) bond motifs is 5. The first kappa shape index (κ1) is 24.9. The van der Waals surface area contributed by atoms with Gasteiger partial charge in [0, 0.05) is 10.8 Å². The Bertz CT molecular complexity index is 1840. The van der Waals surface area contributed by atoms with Gasteiger partial charge in [-0.1, -0.05) is 66.7 Å². The van der Waals surface area contributed by atoms with Gasteiger partial charge in [0.05, 0.1) is 43.6 Å². The summed E-state index contributed by atoms with van der Waals surface area (Å²) in [5, 5.41) is 25.2. The van der Waals surface area contributed by atoms with Crippen molar-refractivity contribution in [3.05, 3.63) is 102 Å². The molecule has 5 aromatic carbocycles. The summed E-state index contributed by atoms with van der Waals surface area (Å²) in [6, 6.07) is 29.2.